The molecule has 0 amide bonds. The number of benzene rings is 1. The van der Waals surface area contributed by atoms with Gasteiger partial charge in [-0.25, -0.2) is 13.8 Å². The van der Waals surface area contributed by atoms with Gasteiger partial charge in [0.05, 0.1) is 11.9 Å². The van der Waals surface area contributed by atoms with E-state index in [9.17, 15) is 8.78 Å². The smallest absolute Gasteiger partial charge is 0.135 e. The van der Waals surface area contributed by atoms with E-state index in [4.69, 9.17) is 5.73 Å². The fourth-order valence-corrected chi connectivity index (χ4v) is 1.95. The molecule has 0 radical (unpaired) electrons. The minimum Gasteiger partial charge on any atom is -0.342 e. The Morgan fingerprint density at radius 2 is 2.00 bits per heavy atom. The summed E-state index contributed by atoms with van der Waals surface area (Å²) in [5.74, 6) is -0.350. The highest BCUT2D eigenvalue weighted by molar-refractivity contribution is 5.59. The zero-order valence-corrected chi connectivity index (χ0v) is 10.6. The van der Waals surface area contributed by atoms with Crippen LogP contribution in [0.1, 0.15) is 25.1 Å². The Hall–Kier alpha value is -1.75. The Kier molecular flexibility index (Phi) is 4.63. The summed E-state index contributed by atoms with van der Waals surface area (Å²) >= 11 is 0. The van der Waals surface area contributed by atoms with Gasteiger partial charge in [0.1, 0.15) is 17.5 Å². The van der Waals surface area contributed by atoms with Crippen molar-refractivity contribution in [3.8, 4) is 11.3 Å². The van der Waals surface area contributed by atoms with Crippen LogP contribution in [0.3, 0.4) is 0 Å². The van der Waals surface area contributed by atoms with Crippen molar-refractivity contribution in [1.82, 2.24) is 9.97 Å². The predicted octanol–water partition coefficient (Wildman–Crippen LogP) is 3.03. The molecular formula is C14H17F2N3. The Morgan fingerprint density at radius 1 is 1.16 bits per heavy atom. The number of halogens is 2. The second kappa shape index (κ2) is 6.43. The summed E-state index contributed by atoms with van der Waals surface area (Å²) in [5.41, 5.74) is 6.33. The zero-order valence-electron chi connectivity index (χ0n) is 10.6. The van der Waals surface area contributed by atoms with Crippen molar-refractivity contribution >= 4 is 0 Å². The molecule has 1 aromatic heterocycles. The summed E-state index contributed by atoms with van der Waals surface area (Å²) in [5, 5.41) is 0. The number of unbranched alkanes of at least 4 members (excludes halogenated alkanes) is 2. The van der Waals surface area contributed by atoms with Gasteiger partial charge in [0, 0.05) is 18.1 Å². The fourth-order valence-electron chi connectivity index (χ4n) is 1.95. The number of aryl methyl sites for hydroxylation is 1. The Morgan fingerprint density at radius 3 is 2.74 bits per heavy atom. The average molecular weight is 265 g/mol. The van der Waals surface area contributed by atoms with Crippen LogP contribution in [0.4, 0.5) is 8.78 Å². The first-order valence-corrected chi connectivity index (χ1v) is 6.40. The molecule has 0 atom stereocenters. The first-order valence-electron chi connectivity index (χ1n) is 6.40. The highest BCUT2D eigenvalue weighted by Gasteiger charge is 2.09. The average Bonchev–Trinajstić information content (AvgIpc) is 2.83. The van der Waals surface area contributed by atoms with Crippen LogP contribution in [0.5, 0.6) is 0 Å². The second-order valence-electron chi connectivity index (χ2n) is 4.47. The quantitative estimate of drug-likeness (QED) is 0.789. The van der Waals surface area contributed by atoms with Gasteiger partial charge in [0.2, 0.25) is 0 Å². The van der Waals surface area contributed by atoms with E-state index in [1.807, 2.05) is 0 Å². The molecule has 0 saturated heterocycles. The fraction of sp³-hybridized carbons (Fsp3) is 0.357. The van der Waals surface area contributed by atoms with Crippen molar-refractivity contribution < 1.29 is 8.78 Å². The van der Waals surface area contributed by atoms with Crippen LogP contribution in [0.25, 0.3) is 11.3 Å². The van der Waals surface area contributed by atoms with Crippen molar-refractivity contribution in [2.75, 3.05) is 6.54 Å². The van der Waals surface area contributed by atoms with Crippen LogP contribution in [0, 0.1) is 11.6 Å². The molecule has 0 aliphatic carbocycles. The number of aromatic amines is 1. The maximum absolute atomic E-state index is 13.6. The number of aromatic nitrogens is 2. The van der Waals surface area contributed by atoms with E-state index in [-0.39, 0.29) is 0 Å². The van der Waals surface area contributed by atoms with Gasteiger partial charge in [-0.05, 0) is 31.5 Å². The number of rotatable bonds is 6. The molecule has 2 aromatic rings. The van der Waals surface area contributed by atoms with E-state index < -0.39 is 11.6 Å². The molecule has 3 N–H and O–H groups in total. The first kappa shape index (κ1) is 13.7. The number of nitrogens with one attached hydrogen (secondary N) is 1. The van der Waals surface area contributed by atoms with Crippen LogP contribution in [0.2, 0.25) is 0 Å². The lowest BCUT2D eigenvalue weighted by Crippen LogP contribution is -1.98. The van der Waals surface area contributed by atoms with Gasteiger partial charge in [0.25, 0.3) is 0 Å². The molecule has 1 heterocycles. The van der Waals surface area contributed by atoms with E-state index in [1.165, 1.54) is 12.1 Å². The highest BCUT2D eigenvalue weighted by Crippen LogP contribution is 2.21. The summed E-state index contributed by atoms with van der Waals surface area (Å²) in [6, 6.07) is 3.52. The minimum absolute atomic E-state index is 0.335. The molecule has 19 heavy (non-hydrogen) atoms. The van der Waals surface area contributed by atoms with Gasteiger partial charge in [-0.15, -0.1) is 0 Å². The van der Waals surface area contributed by atoms with Gasteiger partial charge < -0.3 is 10.7 Å². The SMILES string of the molecule is NCCCCCc1ncc(-c2ccc(F)cc2F)[nH]1. The normalized spacial score (nSPS) is 10.9. The third kappa shape index (κ3) is 3.61. The molecule has 0 unspecified atom stereocenters. The summed E-state index contributed by atoms with van der Waals surface area (Å²) in [4.78, 5) is 7.27. The Bertz CT molecular complexity index is 537. The summed E-state index contributed by atoms with van der Waals surface area (Å²) in [7, 11) is 0. The lowest BCUT2D eigenvalue weighted by atomic mass is 10.1. The summed E-state index contributed by atoms with van der Waals surface area (Å²) in [6.07, 6.45) is 5.44. The highest BCUT2D eigenvalue weighted by atomic mass is 19.1. The van der Waals surface area contributed by atoms with Crippen LogP contribution in [0.15, 0.2) is 24.4 Å². The monoisotopic (exact) mass is 265 g/mol. The molecule has 3 nitrogen and oxygen atoms in total. The number of H-pyrrole nitrogens is 1. The molecule has 2 rings (SSSR count). The van der Waals surface area contributed by atoms with Crippen molar-refractivity contribution in [3.63, 3.8) is 0 Å². The van der Waals surface area contributed by atoms with Crippen molar-refractivity contribution in [1.29, 1.82) is 0 Å². The van der Waals surface area contributed by atoms with E-state index in [1.54, 1.807) is 6.20 Å². The molecule has 0 bridgehead atoms. The largest absolute Gasteiger partial charge is 0.342 e. The molecule has 5 heteroatoms. The van der Waals surface area contributed by atoms with E-state index in [0.717, 1.165) is 37.6 Å². The van der Waals surface area contributed by atoms with Crippen molar-refractivity contribution in [2.24, 2.45) is 5.73 Å². The molecule has 0 aliphatic heterocycles. The van der Waals surface area contributed by atoms with Crippen molar-refractivity contribution in [2.45, 2.75) is 25.7 Å². The number of nitrogens with zero attached hydrogens (tertiary/aromatic N) is 1. The molecule has 1 aromatic carbocycles. The molecule has 0 saturated carbocycles. The van der Waals surface area contributed by atoms with Gasteiger partial charge in [0.15, 0.2) is 0 Å². The first-order chi connectivity index (χ1) is 9.20. The molecule has 0 aliphatic rings. The summed E-state index contributed by atoms with van der Waals surface area (Å²) < 4.78 is 26.4. The third-order valence-corrected chi connectivity index (χ3v) is 2.97. The lowest BCUT2D eigenvalue weighted by Gasteiger charge is -2.00. The van der Waals surface area contributed by atoms with E-state index in [0.29, 0.717) is 17.8 Å². The molecule has 102 valence electrons. The van der Waals surface area contributed by atoms with Crippen LogP contribution >= 0.6 is 0 Å². The zero-order chi connectivity index (χ0) is 13.7. The van der Waals surface area contributed by atoms with Crippen LogP contribution < -0.4 is 5.73 Å². The standard InChI is InChI=1S/C14H17F2N3/c15-10-5-6-11(12(16)8-10)13-9-18-14(19-13)4-2-1-3-7-17/h5-6,8-9H,1-4,7,17H2,(H,18,19). The van der Waals surface area contributed by atoms with Crippen LogP contribution in [-0.2, 0) is 6.42 Å². The van der Waals surface area contributed by atoms with E-state index in [2.05, 4.69) is 9.97 Å². The Balaban J connectivity index is 2.04. The predicted molar refractivity (Wildman–Crippen MR) is 70.5 cm³/mol. The third-order valence-electron chi connectivity index (χ3n) is 2.97. The number of hydrogen-bond acceptors (Lipinski definition) is 2. The van der Waals surface area contributed by atoms with Gasteiger partial charge in [-0.3, -0.25) is 0 Å². The van der Waals surface area contributed by atoms with Gasteiger partial charge >= 0.3 is 0 Å². The maximum atomic E-state index is 13.6. The summed E-state index contributed by atoms with van der Waals surface area (Å²) in [6.45, 7) is 0.699. The molecule has 0 spiro atoms. The number of imidazole rings is 1. The second-order valence-corrected chi connectivity index (χ2v) is 4.47. The minimum atomic E-state index is -0.585. The molecular weight excluding hydrogens is 248 g/mol. The van der Waals surface area contributed by atoms with Gasteiger partial charge in [-0.2, -0.15) is 0 Å². The lowest BCUT2D eigenvalue weighted by molar-refractivity contribution is 0.585. The van der Waals surface area contributed by atoms with Gasteiger partial charge in [-0.1, -0.05) is 6.42 Å². The topological polar surface area (TPSA) is 54.7 Å². The van der Waals surface area contributed by atoms with E-state index >= 15 is 0 Å². The number of nitrogens with two attached hydrogens (primary N) is 1. The van der Waals surface area contributed by atoms with Crippen molar-refractivity contribution in [3.05, 3.63) is 41.9 Å². The molecule has 0 fully saturated rings. The maximum Gasteiger partial charge on any atom is 0.135 e. The van der Waals surface area contributed by atoms with Crippen LogP contribution in [-0.4, -0.2) is 16.5 Å². The Labute approximate surface area is 110 Å². The number of hydrogen-bond donors (Lipinski definition) is 2.